The second-order valence-corrected chi connectivity index (χ2v) is 8.32. The lowest BCUT2D eigenvalue weighted by molar-refractivity contribution is 0.0383. The lowest BCUT2D eigenvalue weighted by Gasteiger charge is -2.39. The standard InChI is InChI=1S/C18H21N3OS/c22-17-7-8-20(23-12-5-6-12)10-15(17)18-14-4-2-1-3-13(14)16-9-19-11-21(16)18/h1-4,9,11-12,15,17-18,22H,5-8,10H2. The smallest absolute Gasteiger partial charge is 0.0956 e. The minimum absolute atomic E-state index is 0.210. The Morgan fingerprint density at radius 2 is 2.04 bits per heavy atom. The minimum Gasteiger partial charge on any atom is -0.393 e. The molecule has 4 nitrogen and oxygen atoms in total. The lowest BCUT2D eigenvalue weighted by Crippen LogP contribution is -2.44. The Bertz CT molecular complexity index is 727. The Morgan fingerprint density at radius 1 is 1.17 bits per heavy atom. The van der Waals surface area contributed by atoms with Crippen LogP contribution in [0.5, 0.6) is 0 Å². The number of benzene rings is 1. The van der Waals surface area contributed by atoms with E-state index >= 15 is 0 Å². The van der Waals surface area contributed by atoms with Crippen molar-refractivity contribution in [2.75, 3.05) is 13.1 Å². The van der Waals surface area contributed by atoms with Gasteiger partial charge in [-0.3, -0.25) is 0 Å². The number of rotatable bonds is 3. The molecule has 0 radical (unpaired) electrons. The molecule has 2 aliphatic heterocycles. The molecule has 1 saturated heterocycles. The van der Waals surface area contributed by atoms with Crippen LogP contribution in [0.25, 0.3) is 11.3 Å². The molecule has 3 aliphatic rings. The highest BCUT2D eigenvalue weighted by Gasteiger charge is 2.41. The van der Waals surface area contributed by atoms with Crippen molar-refractivity contribution in [1.82, 2.24) is 13.9 Å². The molecule has 3 heterocycles. The van der Waals surface area contributed by atoms with Crippen molar-refractivity contribution in [2.45, 2.75) is 36.7 Å². The molecule has 0 amide bonds. The summed E-state index contributed by atoms with van der Waals surface area (Å²) in [6, 6.07) is 8.80. The molecule has 1 aromatic heterocycles. The van der Waals surface area contributed by atoms with E-state index < -0.39 is 0 Å². The topological polar surface area (TPSA) is 41.3 Å². The molecule has 120 valence electrons. The van der Waals surface area contributed by atoms with Gasteiger partial charge in [0.1, 0.15) is 0 Å². The van der Waals surface area contributed by atoms with Gasteiger partial charge in [-0.25, -0.2) is 9.29 Å². The zero-order chi connectivity index (χ0) is 15.4. The van der Waals surface area contributed by atoms with E-state index in [9.17, 15) is 5.11 Å². The maximum Gasteiger partial charge on any atom is 0.0956 e. The molecule has 5 heteroatoms. The van der Waals surface area contributed by atoms with Crippen molar-refractivity contribution in [3.05, 3.63) is 42.4 Å². The van der Waals surface area contributed by atoms with Crippen molar-refractivity contribution in [3.8, 4) is 11.3 Å². The number of nitrogens with zero attached hydrogens (tertiary/aromatic N) is 3. The number of hydrogen-bond donors (Lipinski definition) is 1. The zero-order valence-electron chi connectivity index (χ0n) is 13.0. The fourth-order valence-corrected chi connectivity index (χ4v) is 5.28. The van der Waals surface area contributed by atoms with Crippen molar-refractivity contribution in [1.29, 1.82) is 0 Å². The molecule has 3 atom stereocenters. The number of fused-ring (bicyclic) bond motifs is 3. The van der Waals surface area contributed by atoms with Gasteiger partial charge in [0.25, 0.3) is 0 Å². The van der Waals surface area contributed by atoms with E-state index in [0.717, 1.165) is 24.8 Å². The van der Waals surface area contributed by atoms with Crippen LogP contribution in [0.3, 0.4) is 0 Å². The van der Waals surface area contributed by atoms with Gasteiger partial charge in [0.05, 0.1) is 30.4 Å². The molecule has 1 aliphatic carbocycles. The Morgan fingerprint density at radius 3 is 2.91 bits per heavy atom. The summed E-state index contributed by atoms with van der Waals surface area (Å²) in [5.74, 6) is 0.228. The summed E-state index contributed by atoms with van der Waals surface area (Å²) in [5.41, 5.74) is 3.80. The van der Waals surface area contributed by atoms with Crippen LogP contribution in [-0.2, 0) is 0 Å². The van der Waals surface area contributed by atoms with Crippen LogP contribution < -0.4 is 0 Å². The highest BCUT2D eigenvalue weighted by atomic mass is 32.2. The predicted molar refractivity (Wildman–Crippen MR) is 92.1 cm³/mol. The first-order valence-electron chi connectivity index (χ1n) is 8.52. The minimum atomic E-state index is -0.238. The van der Waals surface area contributed by atoms with Gasteiger partial charge in [-0.15, -0.1) is 0 Å². The van der Waals surface area contributed by atoms with Gasteiger partial charge in [-0.2, -0.15) is 0 Å². The first-order valence-corrected chi connectivity index (χ1v) is 9.36. The van der Waals surface area contributed by atoms with Gasteiger partial charge in [0.2, 0.25) is 0 Å². The molecule has 1 aromatic carbocycles. The van der Waals surface area contributed by atoms with E-state index in [1.807, 2.05) is 24.5 Å². The first-order chi connectivity index (χ1) is 11.3. The quantitative estimate of drug-likeness (QED) is 0.880. The summed E-state index contributed by atoms with van der Waals surface area (Å²) in [5, 5.41) is 11.5. The maximum atomic E-state index is 10.7. The highest BCUT2D eigenvalue weighted by Crippen LogP contribution is 2.46. The van der Waals surface area contributed by atoms with Crippen molar-refractivity contribution in [3.63, 3.8) is 0 Å². The molecule has 2 fully saturated rings. The largest absolute Gasteiger partial charge is 0.393 e. The molecular formula is C18H21N3OS. The van der Waals surface area contributed by atoms with Crippen molar-refractivity contribution >= 4 is 11.9 Å². The number of aliphatic hydroxyl groups is 1. The van der Waals surface area contributed by atoms with Gasteiger partial charge < -0.3 is 9.67 Å². The van der Waals surface area contributed by atoms with E-state index in [0.29, 0.717) is 0 Å². The SMILES string of the molecule is OC1CCN(SC2CC2)CC1C1c2ccccc2-c2cncn21. The van der Waals surface area contributed by atoms with Crippen LogP contribution in [-0.4, -0.2) is 43.4 Å². The zero-order valence-corrected chi connectivity index (χ0v) is 13.8. The van der Waals surface area contributed by atoms with Crippen LogP contribution in [0.1, 0.15) is 30.9 Å². The molecule has 2 aromatic rings. The van der Waals surface area contributed by atoms with E-state index in [-0.39, 0.29) is 18.1 Å². The number of aromatic nitrogens is 2. The lowest BCUT2D eigenvalue weighted by atomic mass is 9.85. The van der Waals surface area contributed by atoms with Gasteiger partial charge in [0.15, 0.2) is 0 Å². The fraction of sp³-hybridized carbons (Fsp3) is 0.500. The summed E-state index contributed by atoms with van der Waals surface area (Å²) in [7, 11) is 0. The van der Waals surface area contributed by atoms with Gasteiger partial charge in [-0.1, -0.05) is 36.2 Å². The Hall–Kier alpha value is -1.30. The predicted octanol–water partition coefficient (Wildman–Crippen LogP) is 2.95. The van der Waals surface area contributed by atoms with Crippen LogP contribution in [0.4, 0.5) is 0 Å². The van der Waals surface area contributed by atoms with Gasteiger partial charge >= 0.3 is 0 Å². The molecule has 3 unspecified atom stereocenters. The average molecular weight is 327 g/mol. The van der Waals surface area contributed by atoms with Gasteiger partial charge in [-0.05, 0) is 24.8 Å². The van der Waals surface area contributed by atoms with Crippen LogP contribution in [0.2, 0.25) is 0 Å². The molecule has 5 rings (SSSR count). The summed E-state index contributed by atoms with van der Waals surface area (Å²) < 4.78 is 4.76. The Kier molecular flexibility index (Phi) is 3.28. The second-order valence-electron chi connectivity index (χ2n) is 6.93. The monoisotopic (exact) mass is 327 g/mol. The molecule has 1 N–H and O–H groups in total. The number of aliphatic hydroxyl groups excluding tert-OH is 1. The van der Waals surface area contributed by atoms with E-state index in [2.05, 4.69) is 38.1 Å². The Balaban J connectivity index is 1.50. The normalized spacial score (nSPS) is 30.2. The Labute approximate surface area is 140 Å². The number of imidazole rings is 1. The van der Waals surface area contributed by atoms with Crippen LogP contribution in [0, 0.1) is 5.92 Å². The summed E-state index contributed by atoms with van der Waals surface area (Å²) in [6.45, 7) is 1.96. The second kappa shape index (κ2) is 5.36. The van der Waals surface area contributed by atoms with E-state index in [4.69, 9.17) is 0 Å². The van der Waals surface area contributed by atoms with Crippen molar-refractivity contribution < 1.29 is 5.11 Å². The third-order valence-electron chi connectivity index (χ3n) is 5.33. The van der Waals surface area contributed by atoms with Gasteiger partial charge in [0, 0.05) is 29.8 Å². The number of piperidine rings is 1. The van der Waals surface area contributed by atoms with Crippen LogP contribution in [0.15, 0.2) is 36.8 Å². The summed E-state index contributed by atoms with van der Waals surface area (Å²) in [6.07, 6.45) is 7.22. The summed E-state index contributed by atoms with van der Waals surface area (Å²) >= 11 is 2.01. The molecule has 0 spiro atoms. The van der Waals surface area contributed by atoms with E-state index in [1.54, 1.807) is 0 Å². The summed E-state index contributed by atoms with van der Waals surface area (Å²) in [4.78, 5) is 4.35. The van der Waals surface area contributed by atoms with Crippen molar-refractivity contribution in [2.24, 2.45) is 5.92 Å². The highest BCUT2D eigenvalue weighted by molar-refractivity contribution is 7.97. The van der Waals surface area contributed by atoms with E-state index in [1.165, 1.54) is 29.7 Å². The third-order valence-corrected chi connectivity index (χ3v) is 6.73. The molecular weight excluding hydrogens is 306 g/mol. The molecule has 1 saturated carbocycles. The third kappa shape index (κ3) is 2.33. The molecule has 0 bridgehead atoms. The average Bonchev–Trinajstić information content (AvgIpc) is 3.15. The van der Waals surface area contributed by atoms with Crippen LogP contribution >= 0.6 is 11.9 Å². The fourth-order valence-electron chi connectivity index (χ4n) is 4.04. The molecule has 23 heavy (non-hydrogen) atoms. The number of hydrogen-bond acceptors (Lipinski definition) is 4. The first kappa shape index (κ1) is 14.1. The maximum absolute atomic E-state index is 10.7.